The molecule has 1 aromatic carbocycles. The van der Waals surface area contributed by atoms with Gasteiger partial charge in [0, 0.05) is 17.9 Å². The number of carboxylic acids is 1. The monoisotopic (exact) mass is 387 g/mol. The van der Waals surface area contributed by atoms with Crippen LogP contribution in [0.15, 0.2) is 34.7 Å². The number of aromatic nitrogens is 1. The Balaban J connectivity index is 1.52. The van der Waals surface area contributed by atoms with E-state index in [-0.39, 0.29) is 5.41 Å². The second-order valence-corrected chi connectivity index (χ2v) is 7.78. The van der Waals surface area contributed by atoms with Crippen LogP contribution in [0.4, 0.5) is 0 Å². The lowest BCUT2D eigenvalue weighted by atomic mass is 9.80. The number of nitrogens with zero attached hydrogens (tertiary/aromatic N) is 1. The first-order valence-electron chi connectivity index (χ1n) is 9.90. The summed E-state index contributed by atoms with van der Waals surface area (Å²) in [6.45, 7) is 6.34. The molecule has 0 bridgehead atoms. The molecule has 2 aromatic rings. The van der Waals surface area contributed by atoms with Gasteiger partial charge in [0.2, 0.25) is 5.89 Å². The van der Waals surface area contributed by atoms with Crippen LogP contribution < -0.4 is 0 Å². The van der Waals surface area contributed by atoms with Crippen molar-refractivity contribution in [3.63, 3.8) is 0 Å². The van der Waals surface area contributed by atoms with Crippen molar-refractivity contribution in [2.24, 2.45) is 5.41 Å². The first-order chi connectivity index (χ1) is 13.4. The molecule has 0 radical (unpaired) electrons. The number of benzene rings is 1. The van der Waals surface area contributed by atoms with Crippen LogP contribution in [-0.4, -0.2) is 35.1 Å². The molecule has 0 spiro atoms. The molecule has 0 saturated carbocycles. The molecule has 1 aromatic heterocycles. The van der Waals surface area contributed by atoms with E-state index in [2.05, 4.69) is 11.9 Å². The minimum Gasteiger partial charge on any atom is -0.477 e. The average molecular weight is 387 g/mol. The number of unbranched alkanes of at least 4 members (excludes halogenated alkanes) is 1. The van der Waals surface area contributed by atoms with Crippen molar-refractivity contribution in [3.8, 4) is 11.5 Å². The highest BCUT2D eigenvalue weighted by atomic mass is 16.7. The van der Waals surface area contributed by atoms with Crippen molar-refractivity contribution in [3.05, 3.63) is 41.8 Å². The van der Waals surface area contributed by atoms with Crippen LogP contribution in [0.2, 0.25) is 0 Å². The lowest BCUT2D eigenvalue weighted by Crippen LogP contribution is -2.52. The van der Waals surface area contributed by atoms with Crippen molar-refractivity contribution >= 4 is 5.97 Å². The van der Waals surface area contributed by atoms with E-state index in [4.69, 9.17) is 13.9 Å². The fourth-order valence-corrected chi connectivity index (χ4v) is 3.47. The van der Waals surface area contributed by atoms with Gasteiger partial charge in [-0.3, -0.25) is 0 Å². The second kappa shape index (κ2) is 8.45. The van der Waals surface area contributed by atoms with E-state index in [1.807, 2.05) is 37.3 Å². The van der Waals surface area contributed by atoms with E-state index in [0.717, 1.165) is 49.1 Å². The Morgan fingerprint density at radius 3 is 2.46 bits per heavy atom. The van der Waals surface area contributed by atoms with Crippen LogP contribution in [0.3, 0.4) is 0 Å². The van der Waals surface area contributed by atoms with Crippen molar-refractivity contribution in [1.82, 2.24) is 4.98 Å². The van der Waals surface area contributed by atoms with E-state index < -0.39 is 11.8 Å². The molecule has 152 valence electrons. The molecule has 1 saturated heterocycles. The van der Waals surface area contributed by atoms with Crippen molar-refractivity contribution in [2.45, 2.75) is 58.7 Å². The van der Waals surface area contributed by atoms with Gasteiger partial charge in [0.25, 0.3) is 5.79 Å². The normalized spacial score (nSPS) is 25.0. The van der Waals surface area contributed by atoms with Crippen LogP contribution in [0.1, 0.15) is 51.0 Å². The summed E-state index contributed by atoms with van der Waals surface area (Å²) in [4.78, 5) is 15.9. The van der Waals surface area contributed by atoms with Gasteiger partial charge in [-0.2, -0.15) is 0 Å². The quantitative estimate of drug-likeness (QED) is 0.666. The van der Waals surface area contributed by atoms with Gasteiger partial charge < -0.3 is 19.0 Å². The van der Waals surface area contributed by atoms with Gasteiger partial charge >= 0.3 is 5.97 Å². The summed E-state index contributed by atoms with van der Waals surface area (Å²) in [5, 5.41) is 9.23. The molecule has 1 fully saturated rings. The van der Waals surface area contributed by atoms with E-state index in [0.29, 0.717) is 19.1 Å². The topological polar surface area (TPSA) is 81.8 Å². The van der Waals surface area contributed by atoms with Crippen LogP contribution in [0.5, 0.6) is 0 Å². The summed E-state index contributed by atoms with van der Waals surface area (Å²) in [6, 6.07) is 9.91. The summed E-state index contributed by atoms with van der Waals surface area (Å²) in [5.41, 5.74) is 1.86. The molecule has 2 heterocycles. The molecule has 0 amide bonds. The molecule has 0 aliphatic carbocycles. The third kappa shape index (κ3) is 4.45. The Hall–Kier alpha value is -2.18. The number of carbonyl (C=O) groups is 1. The molecule has 0 atom stereocenters. The molecule has 28 heavy (non-hydrogen) atoms. The summed E-state index contributed by atoms with van der Waals surface area (Å²) in [6.07, 6.45) is 4.67. The average Bonchev–Trinajstić information content (AvgIpc) is 3.08. The van der Waals surface area contributed by atoms with Crippen molar-refractivity contribution < 1.29 is 23.8 Å². The number of hydrogen-bond donors (Lipinski definition) is 1. The van der Waals surface area contributed by atoms with Gasteiger partial charge in [0.1, 0.15) is 5.76 Å². The lowest BCUT2D eigenvalue weighted by molar-refractivity contribution is -0.290. The highest BCUT2D eigenvalue weighted by Crippen LogP contribution is 2.37. The summed E-state index contributed by atoms with van der Waals surface area (Å²) >= 11 is 0. The van der Waals surface area contributed by atoms with Crippen LogP contribution in [0, 0.1) is 12.3 Å². The maximum absolute atomic E-state index is 11.3. The highest BCUT2D eigenvalue weighted by Gasteiger charge is 2.45. The number of aryl methyl sites for hydroxylation is 2. The van der Waals surface area contributed by atoms with Crippen LogP contribution in [-0.2, 0) is 20.7 Å². The van der Waals surface area contributed by atoms with Crippen LogP contribution >= 0.6 is 0 Å². The SMILES string of the molecule is CC[C@]1(CCCCc2nc(-c3ccccc3)oc2C)CO[C@@](C)(C(=O)O)OC1. The molecular weight excluding hydrogens is 358 g/mol. The smallest absolute Gasteiger partial charge is 0.364 e. The lowest BCUT2D eigenvalue weighted by Gasteiger charge is -2.42. The highest BCUT2D eigenvalue weighted by molar-refractivity contribution is 5.75. The number of rotatable bonds is 8. The van der Waals surface area contributed by atoms with Crippen molar-refractivity contribution in [1.29, 1.82) is 0 Å². The zero-order valence-corrected chi connectivity index (χ0v) is 16.9. The Kier molecular flexibility index (Phi) is 6.20. The second-order valence-electron chi connectivity index (χ2n) is 7.78. The maximum Gasteiger partial charge on any atom is 0.364 e. The molecule has 1 N–H and O–H groups in total. The van der Waals surface area contributed by atoms with Gasteiger partial charge in [-0.15, -0.1) is 0 Å². The number of carboxylic acid groups (broad SMARTS) is 1. The molecule has 3 rings (SSSR count). The van der Waals surface area contributed by atoms with Crippen LogP contribution in [0.25, 0.3) is 11.5 Å². The van der Waals surface area contributed by atoms with Crippen molar-refractivity contribution in [2.75, 3.05) is 13.2 Å². The Bertz CT molecular complexity index is 791. The number of hydrogen-bond acceptors (Lipinski definition) is 5. The standard InChI is InChI=1S/C22H29NO5/c1-4-22(14-26-21(3,20(24)25)27-15-22)13-9-8-12-18-16(2)28-19(23-18)17-10-6-5-7-11-17/h5-7,10-11H,4,8-9,12-15H2,1-3H3,(H,24,25)/t21-,22+. The largest absolute Gasteiger partial charge is 0.477 e. The van der Waals surface area contributed by atoms with E-state index >= 15 is 0 Å². The predicted molar refractivity (Wildman–Crippen MR) is 105 cm³/mol. The molecule has 0 unspecified atom stereocenters. The van der Waals surface area contributed by atoms with E-state index in [9.17, 15) is 9.90 Å². The Labute approximate surface area is 165 Å². The summed E-state index contributed by atoms with van der Waals surface area (Å²) in [5.74, 6) is -1.07. The summed E-state index contributed by atoms with van der Waals surface area (Å²) in [7, 11) is 0. The molecular formula is C22H29NO5. The fourth-order valence-electron chi connectivity index (χ4n) is 3.47. The minimum atomic E-state index is -1.52. The molecule has 6 heteroatoms. The van der Waals surface area contributed by atoms with E-state index in [1.54, 1.807) is 0 Å². The maximum atomic E-state index is 11.3. The zero-order chi connectivity index (χ0) is 20.2. The zero-order valence-electron chi connectivity index (χ0n) is 16.9. The van der Waals surface area contributed by atoms with Gasteiger partial charge in [0.15, 0.2) is 0 Å². The molecule has 1 aliphatic rings. The summed E-state index contributed by atoms with van der Waals surface area (Å²) < 4.78 is 17.0. The first-order valence-corrected chi connectivity index (χ1v) is 9.90. The van der Waals surface area contributed by atoms with Gasteiger partial charge in [-0.25, -0.2) is 9.78 Å². The predicted octanol–water partition coefficient (Wildman–Crippen LogP) is 4.61. The molecule has 1 aliphatic heterocycles. The van der Waals surface area contributed by atoms with Gasteiger partial charge in [0.05, 0.1) is 18.9 Å². The van der Waals surface area contributed by atoms with Gasteiger partial charge in [-0.1, -0.05) is 31.5 Å². The fraction of sp³-hybridized carbons (Fsp3) is 0.545. The van der Waals surface area contributed by atoms with E-state index in [1.165, 1.54) is 6.92 Å². The number of aliphatic carboxylic acids is 1. The number of ether oxygens (including phenoxy) is 2. The Morgan fingerprint density at radius 2 is 1.86 bits per heavy atom. The Morgan fingerprint density at radius 1 is 1.18 bits per heavy atom. The number of oxazole rings is 1. The molecule has 6 nitrogen and oxygen atoms in total. The minimum absolute atomic E-state index is 0.122. The third-order valence-corrected chi connectivity index (χ3v) is 5.73. The first kappa shape index (κ1) is 20.6. The van der Waals surface area contributed by atoms with Gasteiger partial charge in [-0.05, 0) is 44.7 Å². The third-order valence-electron chi connectivity index (χ3n) is 5.73.